The number of rotatable bonds is 4. The third-order valence-electron chi connectivity index (χ3n) is 4.05. The maximum atomic E-state index is 10.4. The van der Waals surface area contributed by atoms with Crippen LogP contribution in [0.4, 0.5) is 5.69 Å². The molecule has 0 bridgehead atoms. The molecule has 0 unspecified atom stereocenters. The zero-order chi connectivity index (χ0) is 19.5. The average Bonchev–Trinajstić information content (AvgIpc) is 3.10. The molecule has 6 heteroatoms. The van der Waals surface area contributed by atoms with Gasteiger partial charge in [-0.05, 0) is 48.0 Å². The van der Waals surface area contributed by atoms with Crippen LogP contribution in [-0.2, 0) is 0 Å². The van der Waals surface area contributed by atoms with Crippen molar-refractivity contribution >= 4 is 62.7 Å². The second kappa shape index (κ2) is 8.15. The van der Waals surface area contributed by atoms with Crippen LogP contribution < -0.4 is 0 Å². The zero-order valence-electron chi connectivity index (χ0n) is 14.5. The first-order valence-corrected chi connectivity index (χ1v) is 10.0. The van der Waals surface area contributed by atoms with Gasteiger partial charge in [-0.25, -0.2) is 4.98 Å². The van der Waals surface area contributed by atoms with E-state index in [1.165, 1.54) is 0 Å². The van der Waals surface area contributed by atoms with Crippen molar-refractivity contribution in [1.29, 1.82) is 0 Å². The van der Waals surface area contributed by atoms with Crippen LogP contribution >= 0.6 is 34.5 Å². The van der Waals surface area contributed by atoms with Crippen molar-refractivity contribution in [2.75, 3.05) is 0 Å². The molecule has 0 fully saturated rings. The zero-order valence-corrected chi connectivity index (χ0v) is 16.8. The Morgan fingerprint density at radius 2 is 1.86 bits per heavy atom. The lowest BCUT2D eigenvalue weighted by atomic mass is 10.2. The molecule has 0 aliphatic carbocycles. The Balaban J connectivity index is 1.52. The van der Waals surface area contributed by atoms with Gasteiger partial charge in [-0.1, -0.05) is 47.5 Å². The molecular weight excluding hydrogens is 411 g/mol. The number of benzene rings is 3. The molecule has 4 rings (SSSR count). The number of halogens is 2. The molecule has 0 radical (unpaired) electrons. The van der Waals surface area contributed by atoms with Crippen LogP contribution in [-0.4, -0.2) is 16.3 Å². The Kier molecular flexibility index (Phi) is 5.44. The van der Waals surface area contributed by atoms with Gasteiger partial charge >= 0.3 is 0 Å². The summed E-state index contributed by atoms with van der Waals surface area (Å²) in [5, 5.41) is 12.4. The highest BCUT2D eigenvalue weighted by molar-refractivity contribution is 7.21. The Labute approximate surface area is 176 Å². The van der Waals surface area contributed by atoms with E-state index in [0.717, 1.165) is 20.8 Å². The number of phenols is 1. The van der Waals surface area contributed by atoms with E-state index in [9.17, 15) is 5.11 Å². The van der Waals surface area contributed by atoms with Gasteiger partial charge in [0.15, 0.2) is 0 Å². The summed E-state index contributed by atoms with van der Waals surface area (Å²) in [6.45, 7) is 0. The van der Waals surface area contributed by atoms with Crippen LogP contribution in [0.2, 0.25) is 10.0 Å². The summed E-state index contributed by atoms with van der Waals surface area (Å²) in [7, 11) is 0. The van der Waals surface area contributed by atoms with E-state index in [4.69, 9.17) is 23.2 Å². The summed E-state index contributed by atoms with van der Waals surface area (Å²) in [5.41, 5.74) is 3.12. The summed E-state index contributed by atoms with van der Waals surface area (Å²) in [6.07, 6.45) is 5.28. The van der Waals surface area contributed by atoms with E-state index in [-0.39, 0.29) is 5.75 Å². The molecule has 3 aromatic carbocycles. The smallest absolute Gasteiger partial charge is 0.128 e. The summed E-state index contributed by atoms with van der Waals surface area (Å²) in [5.74, 6) is 0.151. The quantitative estimate of drug-likeness (QED) is 0.347. The summed E-state index contributed by atoms with van der Waals surface area (Å²) < 4.78 is 1.09. The summed E-state index contributed by atoms with van der Waals surface area (Å²) >= 11 is 13.6. The second-order valence-electron chi connectivity index (χ2n) is 5.99. The van der Waals surface area contributed by atoms with Gasteiger partial charge in [0.25, 0.3) is 0 Å². The molecule has 1 aromatic heterocycles. The fourth-order valence-corrected chi connectivity index (χ4v) is 4.15. The number of allylic oxidation sites excluding steroid dienone is 1. The van der Waals surface area contributed by atoms with E-state index >= 15 is 0 Å². The summed E-state index contributed by atoms with van der Waals surface area (Å²) in [4.78, 5) is 8.93. The number of aliphatic imine (C=N–C) groups is 1. The van der Waals surface area contributed by atoms with Crippen molar-refractivity contribution in [3.63, 3.8) is 0 Å². The number of hydrogen-bond acceptors (Lipinski definition) is 4. The minimum atomic E-state index is 0.151. The number of fused-ring (bicyclic) bond motifs is 1. The lowest BCUT2D eigenvalue weighted by Crippen LogP contribution is -1.78. The van der Waals surface area contributed by atoms with Gasteiger partial charge in [0, 0.05) is 22.3 Å². The molecule has 4 aromatic rings. The number of aromatic nitrogens is 1. The standard InChI is InChI=1S/C22H14Cl2N2OS/c23-15-8-7-14(18(24)12-15)4-3-11-25-16-9-10-17(20(27)13-16)22-26-19-5-1-2-6-21(19)28-22/h1-13,27H. The van der Waals surface area contributed by atoms with Crippen LogP contribution in [0.1, 0.15) is 5.56 Å². The van der Waals surface area contributed by atoms with Crippen LogP contribution in [0.15, 0.2) is 71.7 Å². The molecule has 0 saturated heterocycles. The van der Waals surface area contributed by atoms with Gasteiger partial charge in [-0.3, -0.25) is 4.99 Å². The predicted molar refractivity (Wildman–Crippen MR) is 120 cm³/mol. The van der Waals surface area contributed by atoms with Crippen LogP contribution in [0.3, 0.4) is 0 Å². The maximum Gasteiger partial charge on any atom is 0.128 e. The van der Waals surface area contributed by atoms with E-state index in [2.05, 4.69) is 9.98 Å². The minimum absolute atomic E-state index is 0.151. The van der Waals surface area contributed by atoms with Crippen molar-refractivity contribution in [1.82, 2.24) is 4.98 Å². The lowest BCUT2D eigenvalue weighted by Gasteiger charge is -2.01. The second-order valence-corrected chi connectivity index (χ2v) is 7.87. The normalized spacial score (nSPS) is 11.8. The van der Waals surface area contributed by atoms with Gasteiger partial charge in [0.2, 0.25) is 0 Å². The number of thiazole rings is 1. The monoisotopic (exact) mass is 424 g/mol. The van der Waals surface area contributed by atoms with E-state index in [0.29, 0.717) is 21.3 Å². The SMILES string of the molecule is Oc1cc(N=CC=Cc2ccc(Cl)cc2Cl)ccc1-c1nc2ccccc2s1. The van der Waals surface area contributed by atoms with E-state index < -0.39 is 0 Å². The third kappa shape index (κ3) is 4.09. The van der Waals surface area contributed by atoms with Crippen molar-refractivity contribution in [3.05, 3.63) is 82.3 Å². The number of nitrogens with zero attached hydrogens (tertiary/aromatic N) is 2. The van der Waals surface area contributed by atoms with Crippen LogP contribution in [0.25, 0.3) is 26.9 Å². The highest BCUT2D eigenvalue weighted by Crippen LogP contribution is 2.37. The molecule has 0 saturated carbocycles. The van der Waals surface area contributed by atoms with Gasteiger partial charge in [-0.2, -0.15) is 0 Å². The van der Waals surface area contributed by atoms with Gasteiger partial charge < -0.3 is 5.11 Å². The Morgan fingerprint density at radius 1 is 1.00 bits per heavy atom. The molecule has 0 amide bonds. The molecule has 0 atom stereocenters. The molecule has 138 valence electrons. The number of para-hydroxylation sites is 1. The van der Waals surface area contributed by atoms with E-state index in [1.807, 2.05) is 48.5 Å². The van der Waals surface area contributed by atoms with Gasteiger partial charge in [0.1, 0.15) is 10.8 Å². The lowest BCUT2D eigenvalue weighted by molar-refractivity contribution is 0.477. The Morgan fingerprint density at radius 3 is 2.64 bits per heavy atom. The van der Waals surface area contributed by atoms with Crippen LogP contribution in [0, 0.1) is 0 Å². The number of hydrogen-bond donors (Lipinski definition) is 1. The van der Waals surface area contributed by atoms with Crippen molar-refractivity contribution < 1.29 is 5.11 Å². The molecule has 0 spiro atoms. The topological polar surface area (TPSA) is 45.5 Å². The van der Waals surface area contributed by atoms with Crippen LogP contribution in [0.5, 0.6) is 5.75 Å². The van der Waals surface area contributed by atoms with Gasteiger partial charge in [0.05, 0.1) is 21.5 Å². The van der Waals surface area contributed by atoms with E-state index in [1.54, 1.807) is 41.8 Å². The third-order valence-corrected chi connectivity index (χ3v) is 5.69. The van der Waals surface area contributed by atoms with Gasteiger partial charge in [-0.15, -0.1) is 11.3 Å². The molecule has 28 heavy (non-hydrogen) atoms. The van der Waals surface area contributed by atoms with Crippen molar-refractivity contribution in [3.8, 4) is 16.3 Å². The first-order valence-electron chi connectivity index (χ1n) is 8.45. The molecule has 3 nitrogen and oxygen atoms in total. The first-order chi connectivity index (χ1) is 13.6. The fourth-order valence-electron chi connectivity index (χ4n) is 2.68. The van der Waals surface area contributed by atoms with Crippen molar-refractivity contribution in [2.45, 2.75) is 0 Å². The highest BCUT2D eigenvalue weighted by Gasteiger charge is 2.10. The largest absolute Gasteiger partial charge is 0.507 e. The minimum Gasteiger partial charge on any atom is -0.507 e. The maximum absolute atomic E-state index is 10.4. The number of aromatic hydroxyl groups is 1. The summed E-state index contributed by atoms with van der Waals surface area (Å²) in [6, 6.07) is 18.5. The van der Waals surface area contributed by atoms with Crippen molar-refractivity contribution in [2.24, 2.45) is 4.99 Å². The number of phenolic OH excluding ortho intramolecular Hbond substituents is 1. The molecule has 1 N–H and O–H groups in total. The fraction of sp³-hybridized carbons (Fsp3) is 0. The highest BCUT2D eigenvalue weighted by atomic mass is 35.5. The molecule has 0 aliphatic rings. The molecule has 1 heterocycles. The Bertz CT molecular complexity index is 1180. The average molecular weight is 425 g/mol. The Hall–Kier alpha value is -2.66. The first kappa shape index (κ1) is 18.7. The molecule has 0 aliphatic heterocycles. The predicted octanol–water partition coefficient (Wildman–Crippen LogP) is 7.39. The molecular formula is C22H14Cl2N2OS.